The molecule has 8 heteroatoms. The summed E-state index contributed by atoms with van der Waals surface area (Å²) in [5.74, 6) is 0. The van der Waals surface area contributed by atoms with Crippen molar-refractivity contribution in [3.8, 4) is 0 Å². The van der Waals surface area contributed by atoms with E-state index in [4.69, 9.17) is 14.6 Å². The van der Waals surface area contributed by atoms with Gasteiger partial charge in [-0.15, -0.1) is 0 Å². The molecule has 1 aliphatic heterocycles. The maximum absolute atomic E-state index is 12.0. The molecule has 0 aliphatic carbocycles. The van der Waals surface area contributed by atoms with Gasteiger partial charge in [0.05, 0.1) is 6.61 Å². The molecule has 0 unspecified atom stereocenters. The molecule has 0 aromatic carbocycles. The molecule has 0 spiro atoms. The van der Waals surface area contributed by atoms with Crippen molar-refractivity contribution in [2.24, 2.45) is 7.05 Å². The summed E-state index contributed by atoms with van der Waals surface area (Å²) in [6.07, 6.45) is -2.29. The highest BCUT2D eigenvalue weighted by Gasteiger charge is 2.45. The van der Waals surface area contributed by atoms with Crippen LogP contribution in [-0.4, -0.2) is 51.4 Å². The summed E-state index contributed by atoms with van der Waals surface area (Å²) in [6, 6.07) is 1.22. The monoisotopic (exact) mass is 272 g/mol. The molecule has 0 amide bonds. The Labute approximate surface area is 108 Å². The first-order chi connectivity index (χ1) is 9.01. The van der Waals surface area contributed by atoms with E-state index >= 15 is 0 Å². The lowest BCUT2D eigenvalue weighted by Crippen LogP contribution is -2.42. The van der Waals surface area contributed by atoms with Crippen LogP contribution < -0.4 is 11.2 Å². The molecule has 1 aliphatic rings. The third-order valence-electron chi connectivity index (χ3n) is 3.26. The van der Waals surface area contributed by atoms with E-state index in [1.54, 1.807) is 0 Å². The number of methoxy groups -OCH3 is 1. The topological polar surface area (TPSA) is 103 Å². The first-order valence-corrected chi connectivity index (χ1v) is 5.76. The van der Waals surface area contributed by atoms with Gasteiger partial charge < -0.3 is 19.7 Å². The molecule has 19 heavy (non-hydrogen) atoms. The Kier molecular flexibility index (Phi) is 3.85. The summed E-state index contributed by atoms with van der Waals surface area (Å²) in [5, 5.41) is 19.0. The van der Waals surface area contributed by atoms with Crippen molar-refractivity contribution in [3.63, 3.8) is 0 Å². The summed E-state index contributed by atoms with van der Waals surface area (Å²) >= 11 is 0. The summed E-state index contributed by atoms with van der Waals surface area (Å²) in [6.45, 7) is -0.391. The molecule has 1 saturated heterocycles. The number of aliphatic hydroxyl groups is 2. The Morgan fingerprint density at radius 1 is 1.47 bits per heavy atom. The lowest BCUT2D eigenvalue weighted by Gasteiger charge is -2.20. The van der Waals surface area contributed by atoms with Crippen LogP contribution in [0.4, 0.5) is 0 Å². The third-order valence-corrected chi connectivity index (χ3v) is 3.26. The molecular weight excluding hydrogens is 256 g/mol. The van der Waals surface area contributed by atoms with Crippen LogP contribution >= 0.6 is 0 Å². The Balaban J connectivity index is 2.44. The van der Waals surface area contributed by atoms with Crippen LogP contribution in [0.3, 0.4) is 0 Å². The Morgan fingerprint density at radius 2 is 2.16 bits per heavy atom. The molecule has 0 saturated carbocycles. The second-order valence-electron chi connectivity index (χ2n) is 4.34. The van der Waals surface area contributed by atoms with E-state index in [1.807, 2.05) is 0 Å². The predicted octanol–water partition coefficient (Wildman–Crippen LogP) is -2.19. The number of hydrogen-bond donors (Lipinski definition) is 2. The Bertz CT molecular complexity index is 565. The molecule has 1 aromatic heterocycles. The van der Waals surface area contributed by atoms with E-state index in [1.165, 1.54) is 26.4 Å². The van der Waals surface area contributed by atoms with Crippen LogP contribution in [0.25, 0.3) is 0 Å². The number of hydrogen-bond acceptors (Lipinski definition) is 6. The number of ether oxygens (including phenoxy) is 2. The van der Waals surface area contributed by atoms with Gasteiger partial charge >= 0.3 is 5.69 Å². The van der Waals surface area contributed by atoms with E-state index in [0.717, 1.165) is 9.13 Å². The van der Waals surface area contributed by atoms with Crippen LogP contribution in [0.2, 0.25) is 0 Å². The average Bonchev–Trinajstić information content (AvgIpc) is 2.72. The summed E-state index contributed by atoms with van der Waals surface area (Å²) < 4.78 is 12.6. The van der Waals surface area contributed by atoms with Gasteiger partial charge in [-0.3, -0.25) is 13.9 Å². The van der Waals surface area contributed by atoms with E-state index in [9.17, 15) is 14.7 Å². The van der Waals surface area contributed by atoms with E-state index in [2.05, 4.69) is 0 Å². The number of aromatic nitrogens is 2. The van der Waals surface area contributed by atoms with Crippen molar-refractivity contribution in [1.29, 1.82) is 0 Å². The molecule has 8 nitrogen and oxygen atoms in total. The van der Waals surface area contributed by atoms with Gasteiger partial charge in [-0.25, -0.2) is 4.79 Å². The summed E-state index contributed by atoms with van der Waals surface area (Å²) in [4.78, 5) is 23.3. The molecule has 2 heterocycles. The van der Waals surface area contributed by atoms with E-state index < -0.39 is 42.4 Å². The van der Waals surface area contributed by atoms with E-state index in [0.29, 0.717) is 0 Å². The zero-order valence-electron chi connectivity index (χ0n) is 10.6. The zero-order chi connectivity index (χ0) is 14.2. The first-order valence-electron chi connectivity index (χ1n) is 5.76. The van der Waals surface area contributed by atoms with Crippen molar-refractivity contribution in [2.75, 3.05) is 13.7 Å². The highest BCUT2D eigenvalue weighted by molar-refractivity contribution is 4.94. The maximum Gasteiger partial charge on any atom is 0.332 e. The quantitative estimate of drug-likeness (QED) is 0.648. The maximum atomic E-state index is 12.0. The normalized spacial score (nSPS) is 30.7. The van der Waals surface area contributed by atoms with E-state index in [-0.39, 0.29) is 0 Å². The van der Waals surface area contributed by atoms with Gasteiger partial charge in [-0.2, -0.15) is 0 Å². The second kappa shape index (κ2) is 5.25. The molecular formula is C11H16N2O6. The minimum Gasteiger partial charge on any atom is -0.394 e. The summed E-state index contributed by atoms with van der Waals surface area (Å²) in [7, 11) is 2.72. The molecule has 1 fully saturated rings. The van der Waals surface area contributed by atoms with Crippen LogP contribution in [-0.2, 0) is 16.5 Å². The van der Waals surface area contributed by atoms with Gasteiger partial charge in [-0.1, -0.05) is 0 Å². The highest BCUT2D eigenvalue weighted by Crippen LogP contribution is 2.29. The zero-order valence-corrected chi connectivity index (χ0v) is 10.6. The smallest absolute Gasteiger partial charge is 0.332 e. The average molecular weight is 272 g/mol. The molecule has 1 aromatic rings. The van der Waals surface area contributed by atoms with Gasteiger partial charge in [0.2, 0.25) is 0 Å². The number of nitrogens with zero attached hydrogens (tertiary/aromatic N) is 2. The van der Waals surface area contributed by atoms with Crippen LogP contribution in [0.15, 0.2) is 21.9 Å². The number of rotatable bonds is 3. The predicted molar refractivity (Wildman–Crippen MR) is 63.7 cm³/mol. The number of aliphatic hydroxyl groups excluding tert-OH is 2. The van der Waals surface area contributed by atoms with Crippen molar-refractivity contribution < 1.29 is 19.7 Å². The molecule has 0 bridgehead atoms. The highest BCUT2D eigenvalue weighted by atomic mass is 16.6. The third kappa shape index (κ3) is 2.23. The van der Waals surface area contributed by atoms with Gasteiger partial charge in [0, 0.05) is 26.4 Å². The SMILES string of the molecule is CO[C@@H]1[C@H](O)[C@@H](CO)O[C@H]1n1ccc(=O)n(C)c1=O. The fourth-order valence-corrected chi connectivity index (χ4v) is 2.13. The lowest BCUT2D eigenvalue weighted by molar-refractivity contribution is -0.0630. The summed E-state index contributed by atoms with van der Waals surface area (Å²) in [5.41, 5.74) is -1.02. The standard InChI is InChI=1S/C11H16N2O6/c1-12-7(15)3-4-13(11(12)17)10-9(18-2)8(16)6(5-14)19-10/h3-4,6,8-10,14,16H,5H2,1-2H3/t6-,8-,9-,10-/m1/s1. The fraction of sp³-hybridized carbons (Fsp3) is 0.636. The fourth-order valence-electron chi connectivity index (χ4n) is 2.13. The van der Waals surface area contributed by atoms with Crippen LogP contribution in [0, 0.1) is 0 Å². The lowest BCUT2D eigenvalue weighted by atomic mass is 10.1. The van der Waals surface area contributed by atoms with Crippen molar-refractivity contribution in [1.82, 2.24) is 9.13 Å². The van der Waals surface area contributed by atoms with Crippen LogP contribution in [0.5, 0.6) is 0 Å². The van der Waals surface area contributed by atoms with Crippen LogP contribution in [0.1, 0.15) is 6.23 Å². The van der Waals surface area contributed by atoms with Gasteiger partial charge in [0.1, 0.15) is 18.3 Å². The van der Waals surface area contributed by atoms with Crippen molar-refractivity contribution in [2.45, 2.75) is 24.5 Å². The molecule has 2 rings (SSSR count). The van der Waals surface area contributed by atoms with Gasteiger partial charge in [0.25, 0.3) is 5.56 Å². The molecule has 106 valence electrons. The molecule has 0 radical (unpaired) electrons. The van der Waals surface area contributed by atoms with Crippen molar-refractivity contribution in [3.05, 3.63) is 33.1 Å². The minimum atomic E-state index is -1.05. The Morgan fingerprint density at radius 3 is 2.74 bits per heavy atom. The Hall–Kier alpha value is -1.48. The van der Waals surface area contributed by atoms with Gasteiger partial charge in [-0.05, 0) is 0 Å². The second-order valence-corrected chi connectivity index (χ2v) is 4.34. The largest absolute Gasteiger partial charge is 0.394 e. The molecule has 2 N–H and O–H groups in total. The molecule has 4 atom stereocenters. The first kappa shape index (κ1) is 13.9. The van der Waals surface area contributed by atoms with Crippen molar-refractivity contribution >= 4 is 0 Å². The van der Waals surface area contributed by atoms with Gasteiger partial charge in [0.15, 0.2) is 6.23 Å². The minimum absolute atomic E-state index is 0.391.